The number of hydrogen-bond donors (Lipinski definition) is 2. The van der Waals surface area contributed by atoms with Crippen LogP contribution in [-0.2, 0) is 14.8 Å². The quantitative estimate of drug-likeness (QED) is 0.568. The average molecular weight is 278 g/mol. The van der Waals surface area contributed by atoms with Gasteiger partial charge in [-0.3, -0.25) is 4.79 Å². The van der Waals surface area contributed by atoms with Crippen molar-refractivity contribution in [3.8, 4) is 0 Å². The van der Waals surface area contributed by atoms with E-state index in [-0.39, 0.29) is 31.4 Å². The number of aliphatic hydroxyl groups is 1. The van der Waals surface area contributed by atoms with Gasteiger partial charge < -0.3 is 10.0 Å². The minimum atomic E-state index is -3.43. The van der Waals surface area contributed by atoms with Gasteiger partial charge in [0.15, 0.2) is 0 Å². The number of hydrogen-bond acceptors (Lipinski definition) is 4. The molecule has 0 aliphatic heterocycles. The van der Waals surface area contributed by atoms with Crippen molar-refractivity contribution in [2.45, 2.75) is 26.3 Å². The largest absolute Gasteiger partial charge is 0.395 e. The van der Waals surface area contributed by atoms with Gasteiger partial charge in [-0.1, -0.05) is 13.0 Å². The smallest absolute Gasteiger partial charge is 0.240 e. The van der Waals surface area contributed by atoms with Gasteiger partial charge in [-0.15, -0.1) is 6.58 Å². The molecule has 2 N–H and O–H groups in total. The van der Waals surface area contributed by atoms with Crippen LogP contribution < -0.4 is 4.72 Å². The van der Waals surface area contributed by atoms with Gasteiger partial charge in [-0.2, -0.15) is 0 Å². The van der Waals surface area contributed by atoms with E-state index in [0.29, 0.717) is 6.42 Å². The molecule has 0 aromatic rings. The van der Waals surface area contributed by atoms with E-state index in [1.807, 2.05) is 0 Å². The van der Waals surface area contributed by atoms with E-state index in [1.54, 1.807) is 6.92 Å². The number of carbonyl (C=O) groups is 1. The first-order valence-corrected chi connectivity index (χ1v) is 7.53. The predicted octanol–water partition coefficient (Wildman–Crippen LogP) is -0.289. The molecule has 0 heterocycles. The summed E-state index contributed by atoms with van der Waals surface area (Å²) < 4.78 is 25.4. The molecule has 106 valence electrons. The molecule has 18 heavy (non-hydrogen) atoms. The van der Waals surface area contributed by atoms with Gasteiger partial charge in [0.25, 0.3) is 0 Å². The van der Waals surface area contributed by atoms with Gasteiger partial charge in [0, 0.05) is 13.1 Å². The highest BCUT2D eigenvalue weighted by Crippen LogP contribution is 1.99. The molecule has 1 amide bonds. The normalized spacial score (nSPS) is 13.1. The Morgan fingerprint density at radius 3 is 2.61 bits per heavy atom. The molecule has 0 aliphatic rings. The Labute approximate surface area is 109 Å². The van der Waals surface area contributed by atoms with Crippen molar-refractivity contribution < 1.29 is 18.3 Å². The Morgan fingerprint density at radius 2 is 2.17 bits per heavy atom. The minimum absolute atomic E-state index is 0.00786. The van der Waals surface area contributed by atoms with Gasteiger partial charge >= 0.3 is 0 Å². The number of nitrogens with one attached hydrogen (secondary N) is 1. The van der Waals surface area contributed by atoms with E-state index >= 15 is 0 Å². The SMILES string of the molecule is C=CCN(CCO)C(=O)C(C)NS(=O)(=O)CCC. The third kappa shape index (κ3) is 6.13. The van der Waals surface area contributed by atoms with Crippen LogP contribution in [0, 0.1) is 0 Å². The zero-order valence-corrected chi connectivity index (χ0v) is 11.7. The third-order valence-corrected chi connectivity index (χ3v) is 3.89. The zero-order valence-electron chi connectivity index (χ0n) is 10.9. The summed E-state index contributed by atoms with van der Waals surface area (Å²) in [5.74, 6) is -0.379. The van der Waals surface area contributed by atoms with Crippen LogP contribution in [0.1, 0.15) is 20.3 Å². The second-order valence-electron chi connectivity index (χ2n) is 3.95. The molecule has 0 fully saturated rings. The summed E-state index contributed by atoms with van der Waals surface area (Å²) in [6, 6.07) is -0.840. The van der Waals surface area contributed by atoms with Gasteiger partial charge in [-0.25, -0.2) is 13.1 Å². The van der Waals surface area contributed by atoms with Crippen molar-refractivity contribution in [3.63, 3.8) is 0 Å². The summed E-state index contributed by atoms with van der Waals surface area (Å²) >= 11 is 0. The second kappa shape index (κ2) is 8.23. The summed E-state index contributed by atoms with van der Waals surface area (Å²) in [4.78, 5) is 13.3. The molecule has 0 aromatic heterocycles. The number of nitrogens with zero attached hydrogens (tertiary/aromatic N) is 1. The van der Waals surface area contributed by atoms with Crippen molar-refractivity contribution in [2.24, 2.45) is 0 Å². The molecule has 0 saturated carbocycles. The lowest BCUT2D eigenvalue weighted by molar-refractivity contribution is -0.132. The number of carbonyl (C=O) groups excluding carboxylic acids is 1. The molecule has 0 aromatic carbocycles. The summed E-state index contributed by atoms with van der Waals surface area (Å²) in [6.07, 6.45) is 2.02. The number of amides is 1. The fourth-order valence-electron chi connectivity index (χ4n) is 1.49. The van der Waals surface area contributed by atoms with Crippen LogP contribution >= 0.6 is 0 Å². The van der Waals surface area contributed by atoms with Crippen LogP contribution in [0.15, 0.2) is 12.7 Å². The molecular formula is C11H22N2O4S. The fourth-order valence-corrected chi connectivity index (χ4v) is 2.78. The maximum absolute atomic E-state index is 11.9. The monoisotopic (exact) mass is 278 g/mol. The highest BCUT2D eigenvalue weighted by molar-refractivity contribution is 7.89. The van der Waals surface area contributed by atoms with Crippen LogP contribution in [0.25, 0.3) is 0 Å². The molecule has 0 rings (SSSR count). The number of rotatable bonds is 9. The second-order valence-corrected chi connectivity index (χ2v) is 5.83. The molecular weight excluding hydrogens is 256 g/mol. The molecule has 1 unspecified atom stereocenters. The topological polar surface area (TPSA) is 86.7 Å². The zero-order chi connectivity index (χ0) is 14.2. The van der Waals surface area contributed by atoms with E-state index in [4.69, 9.17) is 5.11 Å². The summed E-state index contributed by atoms with van der Waals surface area (Å²) in [5, 5.41) is 8.84. The Hall–Kier alpha value is -0.920. The first-order valence-electron chi connectivity index (χ1n) is 5.88. The summed E-state index contributed by atoms with van der Waals surface area (Å²) in [5.41, 5.74) is 0. The first kappa shape index (κ1) is 17.1. The third-order valence-electron chi connectivity index (χ3n) is 2.23. The summed E-state index contributed by atoms with van der Waals surface area (Å²) in [7, 11) is -3.43. The van der Waals surface area contributed by atoms with Gasteiger partial charge in [-0.05, 0) is 13.3 Å². The molecule has 0 radical (unpaired) electrons. The Morgan fingerprint density at radius 1 is 1.56 bits per heavy atom. The van der Waals surface area contributed by atoms with Crippen LogP contribution in [0.2, 0.25) is 0 Å². The minimum Gasteiger partial charge on any atom is -0.395 e. The highest BCUT2D eigenvalue weighted by atomic mass is 32.2. The molecule has 6 nitrogen and oxygen atoms in total. The van der Waals surface area contributed by atoms with E-state index in [1.165, 1.54) is 17.9 Å². The molecule has 0 spiro atoms. The standard InChI is InChI=1S/C11H22N2O4S/c1-4-6-13(7-8-14)11(15)10(3)12-18(16,17)9-5-2/h4,10,12,14H,1,5-9H2,2-3H3. The van der Waals surface area contributed by atoms with Crippen LogP contribution in [-0.4, -0.2) is 55.8 Å². The van der Waals surface area contributed by atoms with Gasteiger partial charge in [0.05, 0.1) is 18.4 Å². The van der Waals surface area contributed by atoms with Crippen molar-refractivity contribution in [1.82, 2.24) is 9.62 Å². The van der Waals surface area contributed by atoms with Crippen molar-refractivity contribution in [2.75, 3.05) is 25.4 Å². The Kier molecular flexibility index (Phi) is 7.81. The predicted molar refractivity (Wildman–Crippen MR) is 70.5 cm³/mol. The Bertz CT molecular complexity index is 367. The van der Waals surface area contributed by atoms with Crippen molar-refractivity contribution in [3.05, 3.63) is 12.7 Å². The maximum Gasteiger partial charge on any atom is 0.240 e. The van der Waals surface area contributed by atoms with Gasteiger partial charge in [0.1, 0.15) is 0 Å². The average Bonchev–Trinajstić information content (AvgIpc) is 2.27. The molecule has 1 atom stereocenters. The maximum atomic E-state index is 11.9. The Balaban J connectivity index is 4.60. The van der Waals surface area contributed by atoms with Gasteiger partial charge in [0.2, 0.25) is 15.9 Å². The lowest BCUT2D eigenvalue weighted by atomic mass is 10.3. The van der Waals surface area contributed by atoms with E-state index in [0.717, 1.165) is 0 Å². The highest BCUT2D eigenvalue weighted by Gasteiger charge is 2.23. The van der Waals surface area contributed by atoms with E-state index < -0.39 is 16.1 Å². The van der Waals surface area contributed by atoms with Crippen LogP contribution in [0.3, 0.4) is 0 Å². The molecule has 0 bridgehead atoms. The molecule has 0 saturated heterocycles. The van der Waals surface area contributed by atoms with Crippen LogP contribution in [0.5, 0.6) is 0 Å². The van der Waals surface area contributed by atoms with Crippen molar-refractivity contribution in [1.29, 1.82) is 0 Å². The van der Waals surface area contributed by atoms with Crippen molar-refractivity contribution >= 4 is 15.9 Å². The van der Waals surface area contributed by atoms with Crippen LogP contribution in [0.4, 0.5) is 0 Å². The molecule has 0 aliphatic carbocycles. The van der Waals surface area contributed by atoms with E-state index in [2.05, 4.69) is 11.3 Å². The molecule has 7 heteroatoms. The fraction of sp³-hybridized carbons (Fsp3) is 0.727. The lowest BCUT2D eigenvalue weighted by Gasteiger charge is -2.24. The lowest BCUT2D eigenvalue weighted by Crippen LogP contribution is -2.48. The number of sulfonamides is 1. The van der Waals surface area contributed by atoms with E-state index in [9.17, 15) is 13.2 Å². The first-order chi connectivity index (χ1) is 8.37. The summed E-state index contributed by atoms with van der Waals surface area (Å²) in [6.45, 7) is 7.02. The number of aliphatic hydroxyl groups excluding tert-OH is 1.